The predicted molar refractivity (Wildman–Crippen MR) is 85.3 cm³/mol. The number of anilines is 1. The van der Waals surface area contributed by atoms with Crippen LogP contribution in [0.25, 0.3) is 10.2 Å². The summed E-state index contributed by atoms with van der Waals surface area (Å²) in [5.41, 5.74) is 3.03. The van der Waals surface area contributed by atoms with Gasteiger partial charge in [-0.3, -0.25) is 0 Å². The van der Waals surface area contributed by atoms with Gasteiger partial charge in [0.2, 0.25) is 0 Å². The second-order valence-corrected chi connectivity index (χ2v) is 6.68. The van der Waals surface area contributed by atoms with E-state index in [0.717, 1.165) is 36.8 Å². The number of halogens is 1. The molecule has 0 amide bonds. The van der Waals surface area contributed by atoms with Crippen LogP contribution in [0.2, 0.25) is 0 Å². The van der Waals surface area contributed by atoms with Gasteiger partial charge in [0.05, 0.1) is 22.0 Å². The standard InChI is InChI=1S/C14H14BrN3OS/c1-7(13-8(2)18-19-9(13)3)16-14-17-11-5-4-10(15)6-12(11)20-14/h4-7H,1-3H3,(H,16,17). The van der Waals surface area contributed by atoms with Crippen molar-refractivity contribution < 1.29 is 4.52 Å². The SMILES string of the molecule is Cc1noc(C)c1C(C)Nc1nc2ccc(Br)cc2s1. The predicted octanol–water partition coefficient (Wildman–Crippen LogP) is 4.84. The summed E-state index contributed by atoms with van der Waals surface area (Å²) >= 11 is 5.13. The molecule has 1 N–H and O–H groups in total. The number of thiazole rings is 1. The van der Waals surface area contributed by atoms with Crippen LogP contribution < -0.4 is 5.32 Å². The summed E-state index contributed by atoms with van der Waals surface area (Å²) in [4.78, 5) is 4.60. The summed E-state index contributed by atoms with van der Waals surface area (Å²) < 4.78 is 7.44. The van der Waals surface area contributed by atoms with Gasteiger partial charge in [-0.05, 0) is 39.0 Å². The van der Waals surface area contributed by atoms with E-state index in [1.807, 2.05) is 26.0 Å². The molecule has 4 nitrogen and oxygen atoms in total. The highest BCUT2D eigenvalue weighted by Crippen LogP contribution is 2.31. The molecule has 2 heterocycles. The van der Waals surface area contributed by atoms with E-state index >= 15 is 0 Å². The van der Waals surface area contributed by atoms with Crippen LogP contribution in [0.4, 0.5) is 5.13 Å². The van der Waals surface area contributed by atoms with Crippen LogP contribution in [0, 0.1) is 13.8 Å². The maximum atomic E-state index is 5.22. The van der Waals surface area contributed by atoms with E-state index < -0.39 is 0 Å². The van der Waals surface area contributed by atoms with Gasteiger partial charge in [-0.15, -0.1) is 0 Å². The first-order valence-electron chi connectivity index (χ1n) is 6.30. The minimum atomic E-state index is 0.116. The smallest absolute Gasteiger partial charge is 0.184 e. The number of rotatable bonds is 3. The number of benzene rings is 1. The van der Waals surface area contributed by atoms with E-state index in [2.05, 4.69) is 44.4 Å². The molecule has 0 bridgehead atoms. The molecule has 1 aromatic carbocycles. The van der Waals surface area contributed by atoms with Gasteiger partial charge in [0, 0.05) is 10.0 Å². The first kappa shape index (κ1) is 13.6. The molecule has 0 saturated carbocycles. The third kappa shape index (κ3) is 2.45. The number of nitrogens with one attached hydrogen (secondary N) is 1. The van der Waals surface area contributed by atoms with Crippen molar-refractivity contribution in [3.05, 3.63) is 39.7 Å². The molecular weight excluding hydrogens is 338 g/mol. The van der Waals surface area contributed by atoms with E-state index in [4.69, 9.17) is 4.52 Å². The molecule has 104 valence electrons. The van der Waals surface area contributed by atoms with Gasteiger partial charge >= 0.3 is 0 Å². The lowest BCUT2D eigenvalue weighted by atomic mass is 10.1. The van der Waals surface area contributed by atoms with Crippen molar-refractivity contribution in [2.24, 2.45) is 0 Å². The van der Waals surface area contributed by atoms with Crippen molar-refractivity contribution in [2.45, 2.75) is 26.8 Å². The summed E-state index contributed by atoms with van der Waals surface area (Å²) in [5, 5.41) is 8.33. The highest BCUT2D eigenvalue weighted by molar-refractivity contribution is 9.10. The number of fused-ring (bicyclic) bond motifs is 1. The van der Waals surface area contributed by atoms with Crippen LogP contribution in [0.3, 0.4) is 0 Å². The normalized spacial score (nSPS) is 12.8. The molecule has 3 aromatic rings. The molecule has 6 heteroatoms. The van der Waals surface area contributed by atoms with Gasteiger partial charge in [0.15, 0.2) is 5.13 Å². The Kier molecular flexibility index (Phi) is 3.52. The maximum absolute atomic E-state index is 5.22. The van der Waals surface area contributed by atoms with E-state index in [9.17, 15) is 0 Å². The van der Waals surface area contributed by atoms with Crippen molar-refractivity contribution in [3.63, 3.8) is 0 Å². The Labute approximate surface area is 129 Å². The topological polar surface area (TPSA) is 51.0 Å². The molecule has 0 aliphatic carbocycles. The highest BCUT2D eigenvalue weighted by atomic mass is 79.9. The van der Waals surface area contributed by atoms with Gasteiger partial charge in [-0.25, -0.2) is 4.98 Å². The zero-order chi connectivity index (χ0) is 14.3. The molecular formula is C14H14BrN3OS. The Balaban J connectivity index is 1.89. The summed E-state index contributed by atoms with van der Waals surface area (Å²) in [6, 6.07) is 6.22. The Morgan fingerprint density at radius 2 is 2.15 bits per heavy atom. The molecule has 20 heavy (non-hydrogen) atoms. The summed E-state index contributed by atoms with van der Waals surface area (Å²) in [7, 11) is 0. The Morgan fingerprint density at radius 1 is 1.35 bits per heavy atom. The summed E-state index contributed by atoms with van der Waals surface area (Å²) in [5.74, 6) is 0.853. The lowest BCUT2D eigenvalue weighted by Crippen LogP contribution is -2.08. The van der Waals surface area contributed by atoms with Crippen molar-refractivity contribution in [2.75, 3.05) is 5.32 Å². The Hall–Kier alpha value is -1.40. The average molecular weight is 352 g/mol. The van der Waals surface area contributed by atoms with Gasteiger partial charge in [-0.1, -0.05) is 32.4 Å². The van der Waals surface area contributed by atoms with Gasteiger partial charge in [-0.2, -0.15) is 0 Å². The van der Waals surface area contributed by atoms with E-state index in [0.29, 0.717) is 0 Å². The first-order chi connectivity index (χ1) is 9.54. The zero-order valence-corrected chi connectivity index (χ0v) is 13.8. The first-order valence-corrected chi connectivity index (χ1v) is 7.91. The van der Waals surface area contributed by atoms with Crippen LogP contribution in [-0.4, -0.2) is 10.1 Å². The van der Waals surface area contributed by atoms with E-state index in [1.54, 1.807) is 11.3 Å². The third-order valence-electron chi connectivity index (χ3n) is 3.21. The number of aromatic nitrogens is 2. The van der Waals surface area contributed by atoms with Gasteiger partial charge in [0.1, 0.15) is 5.76 Å². The molecule has 0 spiro atoms. The zero-order valence-electron chi connectivity index (χ0n) is 11.4. The summed E-state index contributed by atoms with van der Waals surface area (Å²) in [6.07, 6.45) is 0. The molecule has 0 fully saturated rings. The van der Waals surface area contributed by atoms with Crippen molar-refractivity contribution >= 4 is 42.6 Å². The summed E-state index contributed by atoms with van der Waals surface area (Å²) in [6.45, 7) is 5.98. The molecule has 0 aliphatic rings. The fraction of sp³-hybridized carbons (Fsp3) is 0.286. The molecule has 0 radical (unpaired) electrons. The van der Waals surface area contributed by atoms with Crippen LogP contribution >= 0.6 is 27.3 Å². The van der Waals surface area contributed by atoms with E-state index in [1.165, 1.54) is 0 Å². The van der Waals surface area contributed by atoms with Crippen molar-refractivity contribution in [1.82, 2.24) is 10.1 Å². The largest absolute Gasteiger partial charge is 0.361 e. The molecule has 2 aromatic heterocycles. The number of hydrogen-bond donors (Lipinski definition) is 1. The molecule has 0 aliphatic heterocycles. The maximum Gasteiger partial charge on any atom is 0.184 e. The van der Waals surface area contributed by atoms with Gasteiger partial charge < -0.3 is 9.84 Å². The fourth-order valence-electron chi connectivity index (χ4n) is 2.33. The quantitative estimate of drug-likeness (QED) is 0.733. The second kappa shape index (κ2) is 5.18. The number of aryl methyl sites for hydroxylation is 2. The average Bonchev–Trinajstić information content (AvgIpc) is 2.92. The minimum absolute atomic E-state index is 0.116. The van der Waals surface area contributed by atoms with Crippen molar-refractivity contribution in [1.29, 1.82) is 0 Å². The molecule has 1 atom stereocenters. The monoisotopic (exact) mass is 351 g/mol. The lowest BCUT2D eigenvalue weighted by Gasteiger charge is -2.12. The highest BCUT2D eigenvalue weighted by Gasteiger charge is 2.17. The van der Waals surface area contributed by atoms with Gasteiger partial charge in [0.25, 0.3) is 0 Å². The van der Waals surface area contributed by atoms with Crippen molar-refractivity contribution in [3.8, 4) is 0 Å². The Morgan fingerprint density at radius 3 is 2.85 bits per heavy atom. The number of nitrogens with zero attached hydrogens (tertiary/aromatic N) is 2. The molecule has 3 rings (SSSR count). The minimum Gasteiger partial charge on any atom is -0.361 e. The second-order valence-electron chi connectivity index (χ2n) is 4.73. The van der Waals surface area contributed by atoms with E-state index in [-0.39, 0.29) is 6.04 Å². The lowest BCUT2D eigenvalue weighted by molar-refractivity contribution is 0.392. The fourth-order valence-corrected chi connectivity index (χ4v) is 3.83. The molecule has 0 saturated heterocycles. The molecule has 1 unspecified atom stereocenters. The number of hydrogen-bond acceptors (Lipinski definition) is 5. The van der Waals surface area contributed by atoms with Crippen LogP contribution in [0.1, 0.15) is 30.0 Å². The van der Waals surface area contributed by atoms with Crippen LogP contribution in [0.5, 0.6) is 0 Å². The van der Waals surface area contributed by atoms with Crippen LogP contribution in [0.15, 0.2) is 27.2 Å². The Bertz CT molecular complexity index is 745. The third-order valence-corrected chi connectivity index (χ3v) is 4.65. The van der Waals surface area contributed by atoms with Crippen LogP contribution in [-0.2, 0) is 0 Å².